The topological polar surface area (TPSA) is 55.6 Å². The van der Waals surface area contributed by atoms with Crippen molar-refractivity contribution in [3.8, 4) is 0 Å². The van der Waals surface area contributed by atoms with Crippen LogP contribution in [0.3, 0.4) is 0 Å². The Balaban J connectivity index is 2.12. The molecule has 1 fully saturated rings. The molecule has 2 rings (SSSR count). The van der Waals surface area contributed by atoms with Crippen molar-refractivity contribution in [2.75, 3.05) is 26.2 Å². The average molecular weight is 269 g/mol. The number of aryl methyl sites for hydroxylation is 1. The first-order chi connectivity index (χ1) is 8.61. The molecule has 1 heterocycles. The van der Waals surface area contributed by atoms with Crippen molar-refractivity contribution in [2.24, 2.45) is 5.73 Å². The molecule has 0 radical (unpaired) electrons. The van der Waals surface area contributed by atoms with E-state index in [1.807, 2.05) is 13.0 Å². The van der Waals surface area contributed by atoms with Gasteiger partial charge in [0.25, 0.3) is 5.91 Å². The molecule has 1 atom stereocenters. The Labute approximate surface area is 112 Å². The molecule has 1 aromatic carbocycles. The second-order valence-electron chi connectivity index (χ2n) is 4.44. The summed E-state index contributed by atoms with van der Waals surface area (Å²) in [5, 5.41) is 0.615. The third kappa shape index (κ3) is 2.83. The highest BCUT2D eigenvalue weighted by Crippen LogP contribution is 2.18. The van der Waals surface area contributed by atoms with Crippen LogP contribution in [-0.4, -0.2) is 43.2 Å². The van der Waals surface area contributed by atoms with E-state index in [4.69, 9.17) is 22.1 Å². The molecule has 1 amide bonds. The van der Waals surface area contributed by atoms with Crippen LogP contribution in [0.5, 0.6) is 0 Å². The van der Waals surface area contributed by atoms with Gasteiger partial charge >= 0.3 is 0 Å². The van der Waals surface area contributed by atoms with Gasteiger partial charge in [-0.25, -0.2) is 0 Å². The Hall–Kier alpha value is -1.10. The standard InChI is InChI=1S/C13H17ClN2O2/c1-9-2-3-10(6-12(9)14)13(17)16-4-5-18-11(7-15)8-16/h2-3,6,11H,4-5,7-8,15H2,1H3. The zero-order valence-corrected chi connectivity index (χ0v) is 11.1. The van der Waals surface area contributed by atoms with Crippen molar-refractivity contribution in [3.05, 3.63) is 34.3 Å². The molecule has 1 unspecified atom stereocenters. The van der Waals surface area contributed by atoms with Crippen LogP contribution in [0.15, 0.2) is 18.2 Å². The van der Waals surface area contributed by atoms with E-state index in [0.29, 0.717) is 36.8 Å². The number of hydrogen-bond acceptors (Lipinski definition) is 3. The lowest BCUT2D eigenvalue weighted by molar-refractivity contribution is -0.0167. The van der Waals surface area contributed by atoms with Crippen molar-refractivity contribution in [3.63, 3.8) is 0 Å². The van der Waals surface area contributed by atoms with E-state index in [1.165, 1.54) is 0 Å². The predicted molar refractivity (Wildman–Crippen MR) is 70.9 cm³/mol. The van der Waals surface area contributed by atoms with Crippen LogP contribution in [0.1, 0.15) is 15.9 Å². The fourth-order valence-electron chi connectivity index (χ4n) is 1.95. The molecule has 0 aliphatic carbocycles. The summed E-state index contributed by atoms with van der Waals surface area (Å²) in [6.07, 6.45) is -0.0661. The van der Waals surface area contributed by atoms with Crippen molar-refractivity contribution < 1.29 is 9.53 Å². The number of nitrogens with two attached hydrogens (primary N) is 1. The summed E-state index contributed by atoms with van der Waals surface area (Å²) < 4.78 is 5.44. The molecule has 1 aromatic rings. The fraction of sp³-hybridized carbons (Fsp3) is 0.462. The maximum Gasteiger partial charge on any atom is 0.254 e. The average Bonchev–Trinajstić information content (AvgIpc) is 2.41. The van der Waals surface area contributed by atoms with E-state index < -0.39 is 0 Å². The Morgan fingerprint density at radius 2 is 2.39 bits per heavy atom. The highest BCUT2D eigenvalue weighted by Gasteiger charge is 2.24. The normalized spacial score (nSPS) is 19.9. The summed E-state index contributed by atoms with van der Waals surface area (Å²) in [5.41, 5.74) is 7.15. The third-order valence-electron chi connectivity index (χ3n) is 3.11. The van der Waals surface area contributed by atoms with Crippen LogP contribution < -0.4 is 5.73 Å². The lowest BCUT2D eigenvalue weighted by Gasteiger charge is -2.32. The van der Waals surface area contributed by atoms with Crippen LogP contribution in [-0.2, 0) is 4.74 Å². The van der Waals surface area contributed by atoms with E-state index in [9.17, 15) is 4.79 Å². The lowest BCUT2D eigenvalue weighted by Crippen LogP contribution is -2.48. The zero-order valence-electron chi connectivity index (χ0n) is 10.4. The Bertz CT molecular complexity index is 451. The number of halogens is 1. The molecule has 1 aliphatic rings. The third-order valence-corrected chi connectivity index (χ3v) is 3.51. The Morgan fingerprint density at radius 3 is 3.06 bits per heavy atom. The van der Waals surface area contributed by atoms with E-state index in [-0.39, 0.29) is 12.0 Å². The highest BCUT2D eigenvalue weighted by molar-refractivity contribution is 6.31. The van der Waals surface area contributed by atoms with E-state index >= 15 is 0 Å². The number of amides is 1. The number of ether oxygens (including phenoxy) is 1. The van der Waals surface area contributed by atoms with E-state index in [2.05, 4.69) is 0 Å². The summed E-state index contributed by atoms with van der Waals surface area (Å²) >= 11 is 6.04. The minimum absolute atomic E-state index is 0.0151. The number of morpholine rings is 1. The van der Waals surface area contributed by atoms with Crippen LogP contribution in [0.4, 0.5) is 0 Å². The number of nitrogens with zero attached hydrogens (tertiary/aromatic N) is 1. The van der Waals surface area contributed by atoms with Crippen molar-refractivity contribution in [1.82, 2.24) is 4.90 Å². The molecule has 0 saturated carbocycles. The van der Waals surface area contributed by atoms with Crippen LogP contribution in [0.25, 0.3) is 0 Å². The molecule has 0 spiro atoms. The van der Waals surface area contributed by atoms with Gasteiger partial charge in [0.1, 0.15) is 0 Å². The minimum Gasteiger partial charge on any atom is -0.373 e. The van der Waals surface area contributed by atoms with Gasteiger partial charge in [-0.1, -0.05) is 17.7 Å². The SMILES string of the molecule is Cc1ccc(C(=O)N2CCOC(CN)C2)cc1Cl. The summed E-state index contributed by atoms with van der Waals surface area (Å²) in [4.78, 5) is 14.1. The van der Waals surface area contributed by atoms with E-state index in [0.717, 1.165) is 5.56 Å². The van der Waals surface area contributed by atoms with Crippen LogP contribution >= 0.6 is 11.6 Å². The molecule has 4 nitrogen and oxygen atoms in total. The van der Waals surface area contributed by atoms with Crippen LogP contribution in [0, 0.1) is 6.92 Å². The smallest absolute Gasteiger partial charge is 0.254 e. The van der Waals surface area contributed by atoms with Gasteiger partial charge < -0.3 is 15.4 Å². The van der Waals surface area contributed by atoms with Gasteiger partial charge in [0.05, 0.1) is 12.7 Å². The molecule has 5 heteroatoms. The van der Waals surface area contributed by atoms with Gasteiger partial charge in [-0.3, -0.25) is 4.79 Å². The highest BCUT2D eigenvalue weighted by atomic mass is 35.5. The van der Waals surface area contributed by atoms with Gasteiger partial charge in [-0.2, -0.15) is 0 Å². The molecule has 2 N–H and O–H groups in total. The molecule has 0 aromatic heterocycles. The van der Waals surface area contributed by atoms with Gasteiger partial charge in [0, 0.05) is 30.2 Å². The molecular weight excluding hydrogens is 252 g/mol. The van der Waals surface area contributed by atoms with Gasteiger partial charge in [-0.15, -0.1) is 0 Å². The molecule has 1 saturated heterocycles. The Kier molecular flexibility index (Phi) is 4.22. The Morgan fingerprint density at radius 1 is 1.61 bits per heavy atom. The maximum atomic E-state index is 12.3. The largest absolute Gasteiger partial charge is 0.373 e. The van der Waals surface area contributed by atoms with Crippen molar-refractivity contribution in [2.45, 2.75) is 13.0 Å². The first kappa shape index (κ1) is 13.3. The summed E-state index contributed by atoms with van der Waals surface area (Å²) in [6.45, 7) is 4.02. The maximum absolute atomic E-state index is 12.3. The second kappa shape index (κ2) is 5.69. The zero-order chi connectivity index (χ0) is 13.1. The number of rotatable bonds is 2. The first-order valence-corrected chi connectivity index (χ1v) is 6.36. The second-order valence-corrected chi connectivity index (χ2v) is 4.85. The minimum atomic E-state index is -0.0661. The van der Waals surface area contributed by atoms with E-state index in [1.54, 1.807) is 17.0 Å². The summed E-state index contributed by atoms with van der Waals surface area (Å²) in [7, 11) is 0. The van der Waals surface area contributed by atoms with Crippen molar-refractivity contribution >= 4 is 17.5 Å². The van der Waals surface area contributed by atoms with Crippen LogP contribution in [0.2, 0.25) is 5.02 Å². The number of carbonyl (C=O) groups is 1. The number of benzene rings is 1. The van der Waals surface area contributed by atoms with Gasteiger partial charge in [-0.05, 0) is 24.6 Å². The summed E-state index contributed by atoms with van der Waals surface area (Å²) in [6, 6.07) is 5.37. The first-order valence-electron chi connectivity index (χ1n) is 5.99. The molecule has 0 bridgehead atoms. The quantitative estimate of drug-likeness (QED) is 0.883. The number of hydrogen-bond donors (Lipinski definition) is 1. The van der Waals surface area contributed by atoms with Gasteiger partial charge in [0.15, 0.2) is 0 Å². The lowest BCUT2D eigenvalue weighted by atomic mass is 10.1. The molecule has 98 valence electrons. The summed E-state index contributed by atoms with van der Waals surface area (Å²) in [5.74, 6) is -0.0151. The van der Waals surface area contributed by atoms with Gasteiger partial charge in [0.2, 0.25) is 0 Å². The van der Waals surface area contributed by atoms with Crippen molar-refractivity contribution in [1.29, 1.82) is 0 Å². The predicted octanol–water partition coefficient (Wildman–Crippen LogP) is 1.45. The molecular formula is C13H17ClN2O2. The monoisotopic (exact) mass is 268 g/mol. The molecule has 18 heavy (non-hydrogen) atoms. The number of carbonyl (C=O) groups excluding carboxylic acids is 1. The molecule has 1 aliphatic heterocycles. The fourth-order valence-corrected chi connectivity index (χ4v) is 2.14.